The average molecular weight is 445 g/mol. The van der Waals surface area contributed by atoms with Gasteiger partial charge in [0.2, 0.25) is 0 Å². The van der Waals surface area contributed by atoms with Gasteiger partial charge < -0.3 is 19.5 Å². The lowest BCUT2D eigenvalue weighted by atomic mass is 10.1. The van der Waals surface area contributed by atoms with E-state index in [9.17, 15) is 9.90 Å². The second-order valence-electron chi connectivity index (χ2n) is 9.70. The molecule has 0 saturated carbocycles. The molecule has 2 bridgehead atoms. The van der Waals surface area contributed by atoms with Gasteiger partial charge in [-0.15, -0.1) is 0 Å². The lowest BCUT2D eigenvalue weighted by Crippen LogP contribution is -2.59. The zero-order valence-electron chi connectivity index (χ0n) is 19.5. The van der Waals surface area contributed by atoms with Crippen molar-refractivity contribution in [2.24, 2.45) is 0 Å². The maximum atomic E-state index is 11.5. The predicted molar refractivity (Wildman–Crippen MR) is 122 cm³/mol. The summed E-state index contributed by atoms with van der Waals surface area (Å²) in [5.41, 5.74) is 0.261. The fourth-order valence-corrected chi connectivity index (χ4v) is 4.50. The highest BCUT2D eigenvalue weighted by Crippen LogP contribution is 2.20. The molecule has 2 saturated heterocycles. The van der Waals surface area contributed by atoms with Crippen LogP contribution in [0.2, 0.25) is 0 Å². The second-order valence-corrected chi connectivity index (χ2v) is 9.70. The first-order valence-corrected chi connectivity index (χ1v) is 11.5. The molecule has 2 unspecified atom stereocenters. The van der Waals surface area contributed by atoms with Gasteiger partial charge >= 0.3 is 6.09 Å². The lowest BCUT2D eigenvalue weighted by molar-refractivity contribution is -0.139. The summed E-state index contributed by atoms with van der Waals surface area (Å²) < 4.78 is 11.9. The molecule has 3 rings (SSSR count). The van der Waals surface area contributed by atoms with Crippen LogP contribution in [0.3, 0.4) is 0 Å². The molecule has 0 aliphatic carbocycles. The molecule has 2 fully saturated rings. The van der Waals surface area contributed by atoms with E-state index in [0.717, 1.165) is 57.9 Å². The van der Waals surface area contributed by atoms with E-state index >= 15 is 0 Å². The van der Waals surface area contributed by atoms with Crippen LogP contribution in [0, 0.1) is 11.3 Å². The number of hydrogen-bond acceptors (Lipinski definition) is 6. The third kappa shape index (κ3) is 7.09. The first kappa shape index (κ1) is 24.3. The van der Waals surface area contributed by atoms with Crippen molar-refractivity contribution in [1.29, 1.82) is 5.26 Å². The summed E-state index contributed by atoms with van der Waals surface area (Å²) in [6.45, 7) is 12.5. The standard InChI is InChI=1S/C24H36N4O4/c1-24(2,3)28(23(29)30)12-4-10-26-15-21-17-27(18-22(16-26)32-21)11-5-13-31-20-8-6-19(14-25)7-9-20/h6-9,21-22H,4-5,10-13,15-18H2,1-3H3,(H,29,30). The zero-order chi connectivity index (χ0) is 23.1. The molecule has 2 aliphatic heterocycles. The molecule has 0 aromatic heterocycles. The van der Waals surface area contributed by atoms with Gasteiger partial charge in [-0.05, 0) is 57.9 Å². The van der Waals surface area contributed by atoms with E-state index in [4.69, 9.17) is 14.7 Å². The monoisotopic (exact) mass is 444 g/mol. The Hall–Kier alpha value is -2.34. The third-order valence-corrected chi connectivity index (χ3v) is 6.00. The third-order valence-electron chi connectivity index (χ3n) is 6.00. The largest absolute Gasteiger partial charge is 0.494 e. The number of fused-ring (bicyclic) bond motifs is 2. The Bertz CT molecular complexity index is 773. The van der Waals surface area contributed by atoms with Crippen molar-refractivity contribution in [1.82, 2.24) is 14.7 Å². The van der Waals surface area contributed by atoms with Crippen molar-refractivity contribution in [3.05, 3.63) is 29.8 Å². The van der Waals surface area contributed by atoms with E-state index in [-0.39, 0.29) is 17.7 Å². The molecule has 2 aliphatic rings. The van der Waals surface area contributed by atoms with Crippen molar-refractivity contribution in [3.8, 4) is 11.8 Å². The van der Waals surface area contributed by atoms with E-state index < -0.39 is 6.09 Å². The molecule has 0 spiro atoms. The number of nitrogens with zero attached hydrogens (tertiary/aromatic N) is 4. The molecule has 1 aromatic rings. The van der Waals surface area contributed by atoms with Gasteiger partial charge in [0.1, 0.15) is 5.75 Å². The van der Waals surface area contributed by atoms with Crippen LogP contribution in [-0.4, -0.2) is 96.1 Å². The van der Waals surface area contributed by atoms with E-state index in [2.05, 4.69) is 15.9 Å². The smallest absolute Gasteiger partial charge is 0.407 e. The zero-order valence-corrected chi connectivity index (χ0v) is 19.5. The molecular formula is C24H36N4O4. The molecule has 2 atom stereocenters. The van der Waals surface area contributed by atoms with Crippen LogP contribution in [0.5, 0.6) is 5.75 Å². The highest BCUT2D eigenvalue weighted by Gasteiger charge is 2.34. The SMILES string of the molecule is CC(C)(C)N(CCCN1CC2CN(CCCOc3ccc(C#N)cc3)CC(C1)O2)C(=O)O. The van der Waals surface area contributed by atoms with Crippen LogP contribution in [0.25, 0.3) is 0 Å². The van der Waals surface area contributed by atoms with Crippen LogP contribution >= 0.6 is 0 Å². The fourth-order valence-electron chi connectivity index (χ4n) is 4.50. The Morgan fingerprint density at radius 3 is 2.19 bits per heavy atom. The van der Waals surface area contributed by atoms with Crippen molar-refractivity contribution in [2.75, 3.05) is 52.4 Å². The minimum Gasteiger partial charge on any atom is -0.494 e. The van der Waals surface area contributed by atoms with Gasteiger partial charge in [-0.1, -0.05) is 0 Å². The van der Waals surface area contributed by atoms with Gasteiger partial charge in [-0.25, -0.2) is 4.79 Å². The molecule has 32 heavy (non-hydrogen) atoms. The van der Waals surface area contributed by atoms with Gasteiger partial charge in [-0.2, -0.15) is 5.26 Å². The first-order valence-electron chi connectivity index (χ1n) is 11.5. The number of hydrogen-bond donors (Lipinski definition) is 1. The predicted octanol–water partition coefficient (Wildman–Crippen LogP) is 2.88. The minimum absolute atomic E-state index is 0.208. The molecule has 1 N–H and O–H groups in total. The normalized spacial score (nSPS) is 21.7. The van der Waals surface area contributed by atoms with E-state index in [1.807, 2.05) is 32.9 Å². The second kappa shape index (κ2) is 11.0. The van der Waals surface area contributed by atoms with Crippen molar-refractivity contribution < 1.29 is 19.4 Å². The quantitative estimate of drug-likeness (QED) is 0.586. The van der Waals surface area contributed by atoms with E-state index in [1.54, 1.807) is 12.1 Å². The van der Waals surface area contributed by atoms with Crippen LogP contribution < -0.4 is 4.74 Å². The molecule has 2 heterocycles. The number of carboxylic acid groups (broad SMARTS) is 1. The lowest BCUT2D eigenvalue weighted by Gasteiger charge is -2.46. The minimum atomic E-state index is -0.852. The topological polar surface area (TPSA) is 89.3 Å². The van der Waals surface area contributed by atoms with Crippen LogP contribution in [0.4, 0.5) is 4.79 Å². The molecule has 1 amide bonds. The van der Waals surface area contributed by atoms with Crippen molar-refractivity contribution in [3.63, 3.8) is 0 Å². The number of ether oxygens (including phenoxy) is 2. The highest BCUT2D eigenvalue weighted by molar-refractivity contribution is 5.65. The number of amides is 1. The molecule has 0 radical (unpaired) electrons. The summed E-state index contributed by atoms with van der Waals surface area (Å²) in [4.78, 5) is 17.9. The summed E-state index contributed by atoms with van der Waals surface area (Å²) >= 11 is 0. The molecular weight excluding hydrogens is 408 g/mol. The number of carbonyl (C=O) groups is 1. The van der Waals surface area contributed by atoms with Gasteiger partial charge in [0.15, 0.2) is 0 Å². The van der Waals surface area contributed by atoms with Gasteiger partial charge in [0.25, 0.3) is 0 Å². The highest BCUT2D eigenvalue weighted by atomic mass is 16.5. The van der Waals surface area contributed by atoms with E-state index in [1.165, 1.54) is 4.90 Å². The van der Waals surface area contributed by atoms with Gasteiger partial charge in [0.05, 0.1) is 30.4 Å². The van der Waals surface area contributed by atoms with E-state index in [0.29, 0.717) is 18.7 Å². The Kier molecular flexibility index (Phi) is 8.35. The summed E-state index contributed by atoms with van der Waals surface area (Å²) in [6.07, 6.45) is 1.34. The van der Waals surface area contributed by atoms with Crippen LogP contribution in [0.1, 0.15) is 39.2 Å². The Labute approximate surface area is 191 Å². The van der Waals surface area contributed by atoms with Crippen LogP contribution in [-0.2, 0) is 4.74 Å². The van der Waals surface area contributed by atoms with Gasteiger partial charge in [-0.3, -0.25) is 9.80 Å². The average Bonchev–Trinajstić information content (AvgIpc) is 2.73. The first-order chi connectivity index (χ1) is 15.2. The molecule has 8 nitrogen and oxygen atoms in total. The number of morpholine rings is 2. The van der Waals surface area contributed by atoms with Gasteiger partial charge in [0, 0.05) is 51.4 Å². The summed E-state index contributed by atoms with van der Waals surface area (Å²) in [5, 5.41) is 18.3. The Morgan fingerprint density at radius 2 is 1.69 bits per heavy atom. The number of nitriles is 1. The number of benzene rings is 1. The summed E-state index contributed by atoms with van der Waals surface area (Å²) in [5.74, 6) is 0.798. The molecule has 1 aromatic carbocycles. The number of rotatable bonds is 9. The van der Waals surface area contributed by atoms with Crippen molar-refractivity contribution in [2.45, 2.75) is 51.4 Å². The van der Waals surface area contributed by atoms with Crippen LogP contribution in [0.15, 0.2) is 24.3 Å². The maximum absolute atomic E-state index is 11.5. The molecule has 176 valence electrons. The maximum Gasteiger partial charge on any atom is 0.407 e. The Morgan fingerprint density at radius 1 is 1.12 bits per heavy atom. The van der Waals surface area contributed by atoms with Crippen molar-refractivity contribution >= 4 is 6.09 Å². The molecule has 8 heteroatoms. The Balaban J connectivity index is 1.35. The summed E-state index contributed by atoms with van der Waals surface area (Å²) in [6, 6.07) is 9.32. The fraction of sp³-hybridized carbons (Fsp3) is 0.667. The summed E-state index contributed by atoms with van der Waals surface area (Å²) in [7, 11) is 0.